The van der Waals surface area contributed by atoms with Crippen molar-refractivity contribution in [2.45, 2.75) is 408 Å². The number of esters is 4. The molecule has 17 nitrogen and oxygen atoms in total. The summed E-state index contributed by atoms with van der Waals surface area (Å²) in [7, 11) is -9.91. The van der Waals surface area contributed by atoms with Crippen LogP contribution in [0.25, 0.3) is 0 Å². The van der Waals surface area contributed by atoms with E-state index in [0.717, 1.165) is 114 Å². The van der Waals surface area contributed by atoms with E-state index in [9.17, 15) is 43.2 Å². The van der Waals surface area contributed by atoms with E-state index in [1.165, 1.54) is 186 Å². The van der Waals surface area contributed by atoms with Gasteiger partial charge in [-0.3, -0.25) is 37.3 Å². The molecule has 0 saturated carbocycles. The van der Waals surface area contributed by atoms with Crippen LogP contribution in [0.5, 0.6) is 0 Å². The van der Waals surface area contributed by atoms with Gasteiger partial charge in [-0.25, -0.2) is 9.13 Å². The van der Waals surface area contributed by atoms with Gasteiger partial charge in [0.1, 0.15) is 19.3 Å². The van der Waals surface area contributed by atoms with Crippen molar-refractivity contribution in [2.24, 2.45) is 23.7 Å². The van der Waals surface area contributed by atoms with Gasteiger partial charge in [-0.05, 0) is 49.4 Å². The van der Waals surface area contributed by atoms with Crippen LogP contribution in [0.3, 0.4) is 0 Å². The Bertz CT molecular complexity index is 1880. The minimum atomic E-state index is -4.96. The number of rotatable bonds is 74. The van der Waals surface area contributed by atoms with Crippen LogP contribution in [-0.2, 0) is 65.4 Å². The fourth-order valence-corrected chi connectivity index (χ4v) is 13.3. The number of unbranched alkanes of at least 4 members (excludes halogenated alkanes) is 40. The highest BCUT2D eigenvalue weighted by atomic mass is 31.2. The summed E-state index contributed by atoms with van der Waals surface area (Å²) in [6.07, 6.45) is 51.5. The second-order valence-corrected chi connectivity index (χ2v) is 32.6. The lowest BCUT2D eigenvalue weighted by Gasteiger charge is -2.21. The minimum absolute atomic E-state index is 0.105. The first-order valence-corrected chi connectivity index (χ1v) is 42.7. The molecule has 5 atom stereocenters. The Labute approximate surface area is 588 Å². The lowest BCUT2D eigenvalue weighted by atomic mass is 10.0. The number of aliphatic hydroxyl groups excluding tert-OH is 1. The number of phosphoric ester groups is 2. The largest absolute Gasteiger partial charge is 0.472 e. The van der Waals surface area contributed by atoms with Gasteiger partial charge in [0.15, 0.2) is 12.2 Å². The zero-order chi connectivity index (χ0) is 71.0. The van der Waals surface area contributed by atoms with Gasteiger partial charge >= 0.3 is 39.5 Å². The summed E-state index contributed by atoms with van der Waals surface area (Å²) in [5, 5.41) is 10.6. The summed E-state index contributed by atoms with van der Waals surface area (Å²) in [5.41, 5.74) is 0. The Balaban J connectivity index is 5.23. The molecule has 0 aromatic heterocycles. The molecular weight excluding hydrogens is 1260 g/mol. The van der Waals surface area contributed by atoms with Crippen molar-refractivity contribution in [1.82, 2.24) is 0 Å². The third-order valence-corrected chi connectivity index (χ3v) is 19.7. The molecule has 0 aliphatic rings. The molecule has 0 heterocycles. The highest BCUT2D eigenvalue weighted by Gasteiger charge is 2.30. The molecule has 96 heavy (non-hydrogen) atoms. The van der Waals surface area contributed by atoms with Gasteiger partial charge in [0, 0.05) is 25.7 Å². The van der Waals surface area contributed by atoms with E-state index in [4.69, 9.17) is 37.0 Å². The van der Waals surface area contributed by atoms with Crippen molar-refractivity contribution in [2.75, 3.05) is 39.6 Å². The quantitative estimate of drug-likeness (QED) is 0.0222. The molecule has 570 valence electrons. The topological polar surface area (TPSA) is 237 Å². The van der Waals surface area contributed by atoms with Crippen LogP contribution >= 0.6 is 15.6 Å². The van der Waals surface area contributed by atoms with E-state index in [2.05, 4.69) is 55.4 Å². The summed E-state index contributed by atoms with van der Waals surface area (Å²) in [5.74, 6) is 0.903. The van der Waals surface area contributed by atoms with Gasteiger partial charge in [0.25, 0.3) is 0 Å². The molecule has 0 fully saturated rings. The average Bonchev–Trinajstić information content (AvgIpc) is 1.18. The van der Waals surface area contributed by atoms with Crippen molar-refractivity contribution in [3.05, 3.63) is 0 Å². The first-order chi connectivity index (χ1) is 46.1. The lowest BCUT2D eigenvalue weighted by Crippen LogP contribution is -2.30. The Morgan fingerprint density at radius 1 is 0.260 bits per heavy atom. The summed E-state index contributed by atoms with van der Waals surface area (Å²) in [6, 6.07) is 0. The number of phosphoric acid groups is 2. The zero-order valence-electron chi connectivity index (χ0n) is 63.0. The fourth-order valence-electron chi connectivity index (χ4n) is 11.7. The molecule has 2 unspecified atom stereocenters. The van der Waals surface area contributed by atoms with Crippen LogP contribution in [0, 0.1) is 23.7 Å². The number of carbonyl (C=O) groups is 4. The number of aliphatic hydroxyl groups is 1. The molecule has 0 rings (SSSR count). The molecule has 0 saturated heterocycles. The van der Waals surface area contributed by atoms with Gasteiger partial charge in [0.05, 0.1) is 26.4 Å². The second-order valence-electron chi connectivity index (χ2n) is 29.7. The van der Waals surface area contributed by atoms with Gasteiger partial charge in [-0.15, -0.1) is 0 Å². The molecule has 0 aromatic carbocycles. The number of ether oxygens (including phenoxy) is 4. The third kappa shape index (κ3) is 70.5. The molecule has 0 aliphatic heterocycles. The third-order valence-electron chi connectivity index (χ3n) is 17.8. The van der Waals surface area contributed by atoms with Crippen molar-refractivity contribution in [3.63, 3.8) is 0 Å². The van der Waals surface area contributed by atoms with Crippen LogP contribution in [-0.4, -0.2) is 96.7 Å². The molecule has 3 N–H and O–H groups in total. The fraction of sp³-hybridized carbons (Fsp3) is 0.948. The van der Waals surface area contributed by atoms with E-state index < -0.39 is 97.5 Å². The number of hydrogen-bond donors (Lipinski definition) is 3. The maximum Gasteiger partial charge on any atom is 0.472 e. The van der Waals surface area contributed by atoms with E-state index in [0.29, 0.717) is 31.6 Å². The first-order valence-electron chi connectivity index (χ1n) is 39.7. The van der Waals surface area contributed by atoms with Gasteiger partial charge in [-0.1, -0.05) is 338 Å². The molecule has 0 radical (unpaired) electrons. The number of hydrogen-bond acceptors (Lipinski definition) is 15. The van der Waals surface area contributed by atoms with Gasteiger partial charge < -0.3 is 33.8 Å². The molecule has 0 spiro atoms. The molecule has 19 heteroatoms. The molecule has 0 bridgehead atoms. The summed E-state index contributed by atoms with van der Waals surface area (Å²) >= 11 is 0. The van der Waals surface area contributed by atoms with Crippen LogP contribution in [0.1, 0.15) is 389 Å². The predicted octanol–water partition coefficient (Wildman–Crippen LogP) is 22.4. The lowest BCUT2D eigenvalue weighted by molar-refractivity contribution is -0.161. The second kappa shape index (κ2) is 66.3. The normalized spacial score (nSPS) is 14.1. The van der Waals surface area contributed by atoms with Crippen molar-refractivity contribution in [1.29, 1.82) is 0 Å². The Morgan fingerprint density at radius 3 is 0.646 bits per heavy atom. The molecule has 0 amide bonds. The van der Waals surface area contributed by atoms with Crippen molar-refractivity contribution in [3.8, 4) is 0 Å². The SMILES string of the molecule is CC(C)CCCCCCCCCCCCCCCCCC(=O)OC[C@H](COP(=O)(O)OC[C@@H](O)COP(=O)(O)OC[C@@H](COC(=O)CCCCCCCCC(C)C)OC(=O)CCCCCCCCCCCCC(C)C)OC(=O)CCCCCCCCCCCCCCCC(C)C. The van der Waals surface area contributed by atoms with E-state index in [-0.39, 0.29) is 25.7 Å². The summed E-state index contributed by atoms with van der Waals surface area (Å²) in [6.45, 7) is 14.2. The number of carbonyl (C=O) groups excluding carboxylic acids is 4. The molecule has 0 aliphatic carbocycles. The first kappa shape index (κ1) is 94.1. The standard InChI is InChI=1S/C77H150O17P2/c1-67(2)53-45-37-29-23-17-13-10-9-11-15-19-26-32-41-49-57-74(79)87-63-72(93-76(81)59-51-43-33-27-20-16-12-14-18-24-30-38-46-54-68(3)4)65-91-95(83,84)89-61-71(78)62-90-96(85,86)92-66-73(64-88-75(80)58-50-42-36-35-40-48-56-70(7)8)94-77(82)60-52-44-34-28-22-21-25-31-39-47-55-69(5)6/h67-73,78H,9-66H2,1-8H3,(H,83,84)(H,85,86)/t71-,72-,73-/m1/s1. The van der Waals surface area contributed by atoms with Crippen LogP contribution in [0.15, 0.2) is 0 Å². The highest BCUT2D eigenvalue weighted by molar-refractivity contribution is 7.47. The van der Waals surface area contributed by atoms with Gasteiger partial charge in [0.2, 0.25) is 0 Å². The highest BCUT2D eigenvalue weighted by Crippen LogP contribution is 2.45. The summed E-state index contributed by atoms with van der Waals surface area (Å²) < 4.78 is 68.5. The smallest absolute Gasteiger partial charge is 0.462 e. The van der Waals surface area contributed by atoms with Crippen LogP contribution in [0.2, 0.25) is 0 Å². The zero-order valence-corrected chi connectivity index (χ0v) is 64.8. The Hall–Kier alpha value is -1.94. The summed E-state index contributed by atoms with van der Waals surface area (Å²) in [4.78, 5) is 72.8. The van der Waals surface area contributed by atoms with E-state index >= 15 is 0 Å². The monoisotopic (exact) mass is 1410 g/mol. The maximum absolute atomic E-state index is 13.1. The molecule has 0 aromatic rings. The average molecular weight is 1410 g/mol. The Morgan fingerprint density at radius 2 is 0.438 bits per heavy atom. The van der Waals surface area contributed by atoms with E-state index in [1.54, 1.807) is 0 Å². The maximum atomic E-state index is 13.1. The van der Waals surface area contributed by atoms with Crippen molar-refractivity contribution < 1.29 is 80.2 Å². The van der Waals surface area contributed by atoms with Crippen molar-refractivity contribution >= 4 is 39.5 Å². The minimum Gasteiger partial charge on any atom is -0.462 e. The predicted molar refractivity (Wildman–Crippen MR) is 391 cm³/mol. The van der Waals surface area contributed by atoms with Crippen LogP contribution in [0.4, 0.5) is 0 Å². The van der Waals surface area contributed by atoms with E-state index in [1.807, 2.05) is 0 Å². The Kier molecular flexibility index (Phi) is 65.0. The van der Waals surface area contributed by atoms with Crippen LogP contribution < -0.4 is 0 Å². The van der Waals surface area contributed by atoms with Gasteiger partial charge in [-0.2, -0.15) is 0 Å². The molecular formula is C77H150O17P2.